The quantitative estimate of drug-likeness (QED) is 0.682. The molecule has 9 nitrogen and oxygen atoms in total. The van der Waals surface area contributed by atoms with E-state index in [0.29, 0.717) is 30.2 Å². The molecule has 5 atom stereocenters. The molecule has 4 heterocycles. The Morgan fingerprint density at radius 3 is 2.78 bits per heavy atom. The molecule has 3 N–H and O–H groups in total. The van der Waals surface area contributed by atoms with Gasteiger partial charge in [-0.2, -0.15) is 0 Å². The molecule has 0 saturated carbocycles. The van der Waals surface area contributed by atoms with Gasteiger partial charge in [0.15, 0.2) is 17.8 Å². The van der Waals surface area contributed by atoms with E-state index in [2.05, 4.69) is 15.0 Å². The normalized spacial score (nSPS) is 30.9. The molecule has 0 aliphatic carbocycles. The zero-order valence-electron chi connectivity index (χ0n) is 14.4. The molecular weight excluding hydrogens is 350 g/mol. The van der Waals surface area contributed by atoms with Gasteiger partial charge in [-0.05, 0) is 0 Å². The number of anilines is 1. The Balaban J connectivity index is 1.43. The third-order valence-corrected chi connectivity index (χ3v) is 5.09. The van der Waals surface area contributed by atoms with Crippen molar-refractivity contribution in [2.45, 2.75) is 30.6 Å². The molecule has 0 bridgehead atoms. The number of hydrogen-bond acceptors (Lipinski definition) is 8. The molecule has 2 saturated heterocycles. The van der Waals surface area contributed by atoms with Crippen LogP contribution in [0.2, 0.25) is 0 Å². The number of aliphatic hydroxyl groups excluding tert-OH is 1. The molecule has 2 aliphatic rings. The summed E-state index contributed by atoms with van der Waals surface area (Å²) >= 11 is 0. The number of nitrogens with two attached hydrogens (primary N) is 1. The van der Waals surface area contributed by atoms with Crippen LogP contribution in [-0.4, -0.2) is 56.2 Å². The summed E-state index contributed by atoms with van der Waals surface area (Å²) in [6.45, 7) is 0.647. The maximum absolute atomic E-state index is 11.0. The fourth-order valence-corrected chi connectivity index (χ4v) is 3.67. The van der Waals surface area contributed by atoms with Gasteiger partial charge in [0.1, 0.15) is 30.2 Å². The fraction of sp³-hybridized carbons (Fsp3) is 0.389. The number of benzene rings is 1. The molecule has 0 radical (unpaired) electrons. The van der Waals surface area contributed by atoms with E-state index in [4.69, 9.17) is 19.9 Å². The Bertz CT molecular complexity index is 949. The molecule has 9 heteroatoms. The van der Waals surface area contributed by atoms with E-state index < -0.39 is 24.5 Å². The molecule has 2 aliphatic heterocycles. The maximum Gasteiger partial charge on any atom is 0.184 e. The van der Waals surface area contributed by atoms with E-state index >= 15 is 0 Å². The van der Waals surface area contributed by atoms with E-state index in [0.717, 1.165) is 5.56 Å². The largest absolute Gasteiger partial charge is 0.388 e. The summed E-state index contributed by atoms with van der Waals surface area (Å²) in [5.41, 5.74) is 7.82. The third kappa shape index (κ3) is 2.76. The summed E-state index contributed by atoms with van der Waals surface area (Å²) < 4.78 is 19.5. The van der Waals surface area contributed by atoms with E-state index in [1.807, 2.05) is 30.3 Å². The van der Waals surface area contributed by atoms with Crippen LogP contribution < -0.4 is 5.73 Å². The number of fused-ring (bicyclic) bond motifs is 2. The zero-order valence-corrected chi connectivity index (χ0v) is 14.4. The first kappa shape index (κ1) is 16.6. The van der Waals surface area contributed by atoms with Crippen molar-refractivity contribution in [2.24, 2.45) is 0 Å². The highest BCUT2D eigenvalue weighted by Crippen LogP contribution is 2.36. The van der Waals surface area contributed by atoms with Gasteiger partial charge in [-0.25, -0.2) is 15.0 Å². The van der Waals surface area contributed by atoms with Gasteiger partial charge in [-0.3, -0.25) is 0 Å². The minimum atomic E-state index is -0.813. The summed E-state index contributed by atoms with van der Waals surface area (Å²) in [5.74, 6) is 0.300. The monoisotopic (exact) mass is 369 g/mol. The lowest BCUT2D eigenvalue weighted by Crippen LogP contribution is -2.56. The van der Waals surface area contributed by atoms with Gasteiger partial charge in [0.2, 0.25) is 0 Å². The van der Waals surface area contributed by atoms with Crippen molar-refractivity contribution in [1.29, 1.82) is 0 Å². The third-order valence-electron chi connectivity index (χ3n) is 5.09. The molecule has 0 spiro atoms. The Morgan fingerprint density at radius 2 is 1.93 bits per heavy atom. The van der Waals surface area contributed by atoms with Gasteiger partial charge in [-0.1, -0.05) is 30.3 Å². The SMILES string of the molecule is Nc1ncnc2c1ncn2[C@@H]1CO[C@@H]2CO[C@@H](c3ccccc3)O[C@H]2[C@H]1O. The number of nitrogen functional groups attached to an aromatic ring is 1. The lowest BCUT2D eigenvalue weighted by molar-refractivity contribution is -0.306. The van der Waals surface area contributed by atoms with Crippen molar-refractivity contribution in [3.63, 3.8) is 0 Å². The van der Waals surface area contributed by atoms with Crippen LogP contribution in [0.4, 0.5) is 5.82 Å². The van der Waals surface area contributed by atoms with Crippen LogP contribution in [0.5, 0.6) is 0 Å². The molecule has 1 aromatic carbocycles. The average Bonchev–Trinajstić information content (AvgIpc) is 3.14. The smallest absolute Gasteiger partial charge is 0.184 e. The highest BCUT2D eigenvalue weighted by atomic mass is 16.7. The van der Waals surface area contributed by atoms with Crippen LogP contribution in [0.15, 0.2) is 43.0 Å². The van der Waals surface area contributed by atoms with Crippen molar-refractivity contribution in [3.8, 4) is 0 Å². The highest BCUT2D eigenvalue weighted by Gasteiger charge is 2.46. The molecular formula is C18H19N5O4. The van der Waals surface area contributed by atoms with Crippen molar-refractivity contribution < 1.29 is 19.3 Å². The number of nitrogens with zero attached hydrogens (tertiary/aromatic N) is 4. The van der Waals surface area contributed by atoms with Crippen LogP contribution in [0.25, 0.3) is 11.2 Å². The topological polar surface area (TPSA) is 118 Å². The zero-order chi connectivity index (χ0) is 18.4. The van der Waals surface area contributed by atoms with Crippen molar-refractivity contribution in [3.05, 3.63) is 48.5 Å². The number of imidazole rings is 1. The number of ether oxygens (including phenoxy) is 3. The number of hydrogen-bond donors (Lipinski definition) is 2. The van der Waals surface area contributed by atoms with Crippen molar-refractivity contribution in [2.75, 3.05) is 18.9 Å². The molecule has 2 fully saturated rings. The second-order valence-electron chi connectivity index (χ2n) is 6.69. The summed E-state index contributed by atoms with van der Waals surface area (Å²) in [4.78, 5) is 12.5. The molecule has 0 amide bonds. The average molecular weight is 369 g/mol. The van der Waals surface area contributed by atoms with E-state index in [1.54, 1.807) is 10.9 Å². The molecule has 140 valence electrons. The Morgan fingerprint density at radius 1 is 1.07 bits per heavy atom. The lowest BCUT2D eigenvalue weighted by Gasteiger charge is -2.45. The maximum atomic E-state index is 11.0. The second kappa shape index (κ2) is 6.54. The predicted octanol–water partition coefficient (Wildman–Crippen LogP) is 0.823. The van der Waals surface area contributed by atoms with Gasteiger partial charge in [-0.15, -0.1) is 0 Å². The predicted molar refractivity (Wildman–Crippen MR) is 94.5 cm³/mol. The molecule has 27 heavy (non-hydrogen) atoms. The Kier molecular flexibility index (Phi) is 4.01. The number of aliphatic hydroxyl groups is 1. The summed E-state index contributed by atoms with van der Waals surface area (Å²) in [5, 5.41) is 11.0. The van der Waals surface area contributed by atoms with Gasteiger partial charge in [0.25, 0.3) is 0 Å². The fourth-order valence-electron chi connectivity index (χ4n) is 3.67. The minimum absolute atomic E-state index is 0.292. The van der Waals surface area contributed by atoms with Crippen LogP contribution in [0.1, 0.15) is 17.9 Å². The van der Waals surface area contributed by atoms with E-state index in [9.17, 15) is 5.11 Å². The van der Waals surface area contributed by atoms with Gasteiger partial charge >= 0.3 is 0 Å². The number of aromatic nitrogens is 4. The number of rotatable bonds is 2. The first-order valence-electron chi connectivity index (χ1n) is 8.77. The first-order valence-corrected chi connectivity index (χ1v) is 8.77. The van der Waals surface area contributed by atoms with E-state index in [-0.39, 0.29) is 6.10 Å². The molecule has 2 aromatic heterocycles. The summed E-state index contributed by atoms with van der Waals surface area (Å²) in [6.07, 6.45) is 0.770. The van der Waals surface area contributed by atoms with Crippen LogP contribution in [0, 0.1) is 0 Å². The standard InChI is InChI=1S/C18H19N5O4/c19-16-13-17(21-8-20-16)23(9-22-13)11-6-25-12-7-26-18(27-15(12)14(11)24)10-4-2-1-3-5-10/h1-5,8-9,11-12,14-15,18,24H,6-7H2,(H2,19,20,21)/t11-,12-,14+,15-,18-/m1/s1. The van der Waals surface area contributed by atoms with Crippen molar-refractivity contribution in [1.82, 2.24) is 19.5 Å². The van der Waals surface area contributed by atoms with Crippen molar-refractivity contribution >= 4 is 17.0 Å². The highest BCUT2D eigenvalue weighted by molar-refractivity contribution is 5.81. The first-order chi connectivity index (χ1) is 13.2. The lowest BCUT2D eigenvalue weighted by atomic mass is 9.97. The minimum Gasteiger partial charge on any atom is -0.388 e. The molecule has 0 unspecified atom stereocenters. The second-order valence-corrected chi connectivity index (χ2v) is 6.69. The Labute approximate surface area is 154 Å². The van der Waals surface area contributed by atoms with Crippen LogP contribution in [0.3, 0.4) is 0 Å². The van der Waals surface area contributed by atoms with Gasteiger partial charge < -0.3 is 29.6 Å². The molecule has 3 aromatic rings. The van der Waals surface area contributed by atoms with E-state index in [1.165, 1.54) is 6.33 Å². The summed E-state index contributed by atoms with van der Waals surface area (Å²) in [7, 11) is 0. The van der Waals surface area contributed by atoms with Gasteiger partial charge in [0, 0.05) is 5.56 Å². The van der Waals surface area contributed by atoms with Crippen LogP contribution in [-0.2, 0) is 14.2 Å². The summed E-state index contributed by atoms with van der Waals surface area (Å²) in [6, 6.07) is 9.24. The Hall–Kier alpha value is -2.59. The molecule has 5 rings (SSSR count). The van der Waals surface area contributed by atoms with Crippen LogP contribution >= 0.6 is 0 Å². The van der Waals surface area contributed by atoms with Gasteiger partial charge in [0.05, 0.1) is 25.6 Å².